The molecule has 0 amide bonds. The highest BCUT2D eigenvalue weighted by Crippen LogP contribution is 2.21. The molecule has 1 rings (SSSR count). The number of rotatable bonds is 8. The summed E-state index contributed by atoms with van der Waals surface area (Å²) in [7, 11) is 0. The van der Waals surface area contributed by atoms with E-state index in [0.717, 1.165) is 24.8 Å². The zero-order valence-corrected chi connectivity index (χ0v) is 12.9. The summed E-state index contributed by atoms with van der Waals surface area (Å²) in [6.45, 7) is 7.61. The summed E-state index contributed by atoms with van der Waals surface area (Å²) in [5.41, 5.74) is 1.41. The Morgan fingerprint density at radius 3 is 2.45 bits per heavy atom. The van der Waals surface area contributed by atoms with Crippen LogP contribution in [0.2, 0.25) is 0 Å². The molecule has 0 fully saturated rings. The molecule has 0 aliphatic carbocycles. The van der Waals surface area contributed by atoms with E-state index in [1.54, 1.807) is 0 Å². The molecule has 3 nitrogen and oxygen atoms in total. The van der Waals surface area contributed by atoms with Crippen LogP contribution in [0.25, 0.3) is 0 Å². The van der Waals surface area contributed by atoms with Crippen LogP contribution in [-0.4, -0.2) is 19.2 Å². The van der Waals surface area contributed by atoms with Crippen LogP contribution in [0.4, 0.5) is 0 Å². The summed E-state index contributed by atoms with van der Waals surface area (Å²) in [4.78, 5) is 11.4. The number of ether oxygens (including phenoxy) is 2. The van der Waals surface area contributed by atoms with Crippen molar-refractivity contribution in [2.75, 3.05) is 13.2 Å². The van der Waals surface area contributed by atoms with Gasteiger partial charge in [0.25, 0.3) is 0 Å². The fourth-order valence-corrected chi connectivity index (χ4v) is 1.81. The lowest BCUT2D eigenvalue weighted by Crippen LogP contribution is -2.14. The van der Waals surface area contributed by atoms with Crippen LogP contribution in [-0.2, 0) is 20.9 Å². The van der Waals surface area contributed by atoms with Gasteiger partial charge in [0, 0.05) is 0 Å². The van der Waals surface area contributed by atoms with E-state index in [1.807, 2.05) is 30.3 Å². The highest BCUT2D eigenvalue weighted by molar-refractivity contribution is 5.70. The molecule has 0 radical (unpaired) electrons. The number of benzene rings is 1. The Labute approximate surface area is 122 Å². The zero-order chi connectivity index (χ0) is 14.8. The molecule has 0 N–H and O–H groups in total. The number of unbranched alkanes of at least 4 members (excludes halogenated alkanes) is 1. The van der Waals surface area contributed by atoms with Gasteiger partial charge in [-0.05, 0) is 30.2 Å². The van der Waals surface area contributed by atoms with E-state index in [-0.39, 0.29) is 12.6 Å². The first-order valence-corrected chi connectivity index (χ1v) is 7.25. The van der Waals surface area contributed by atoms with Crippen LogP contribution in [0.15, 0.2) is 30.3 Å². The summed E-state index contributed by atoms with van der Waals surface area (Å²) < 4.78 is 10.4. The van der Waals surface area contributed by atoms with Gasteiger partial charge in [0.15, 0.2) is 0 Å². The van der Waals surface area contributed by atoms with Gasteiger partial charge in [0.2, 0.25) is 0 Å². The van der Waals surface area contributed by atoms with E-state index < -0.39 is 0 Å². The molecule has 20 heavy (non-hydrogen) atoms. The predicted octanol–water partition coefficient (Wildman–Crippen LogP) is 3.96. The van der Waals surface area contributed by atoms with E-state index in [2.05, 4.69) is 20.8 Å². The molecule has 1 aromatic carbocycles. The Bertz CT molecular complexity index is 379. The summed E-state index contributed by atoms with van der Waals surface area (Å²) in [6, 6.07) is 9.80. The van der Waals surface area contributed by atoms with Crippen LogP contribution in [0.5, 0.6) is 0 Å². The molecule has 0 saturated heterocycles. The van der Waals surface area contributed by atoms with Crippen LogP contribution in [0, 0.1) is 5.41 Å². The third-order valence-electron chi connectivity index (χ3n) is 2.92. The SMILES string of the molecule is CC(C)(C)CCCCOC(=O)COCc1ccccc1. The van der Waals surface area contributed by atoms with Crippen LogP contribution < -0.4 is 0 Å². The first-order chi connectivity index (χ1) is 9.47. The zero-order valence-electron chi connectivity index (χ0n) is 12.9. The first-order valence-electron chi connectivity index (χ1n) is 7.25. The largest absolute Gasteiger partial charge is 0.464 e. The smallest absolute Gasteiger partial charge is 0.332 e. The standard InChI is InChI=1S/C17H26O3/c1-17(2,3)11-7-8-12-20-16(18)14-19-13-15-9-5-4-6-10-15/h4-6,9-10H,7-8,11-14H2,1-3H3. The van der Waals surface area contributed by atoms with Gasteiger partial charge in [-0.2, -0.15) is 0 Å². The predicted molar refractivity (Wildman–Crippen MR) is 80.4 cm³/mol. The minimum Gasteiger partial charge on any atom is -0.464 e. The average Bonchev–Trinajstić information content (AvgIpc) is 2.38. The third kappa shape index (κ3) is 8.70. The molecule has 0 heterocycles. The van der Waals surface area contributed by atoms with Gasteiger partial charge in [-0.15, -0.1) is 0 Å². The molecule has 0 atom stereocenters. The fraction of sp³-hybridized carbons (Fsp3) is 0.588. The van der Waals surface area contributed by atoms with Gasteiger partial charge in [0.1, 0.15) is 6.61 Å². The highest BCUT2D eigenvalue weighted by atomic mass is 16.6. The van der Waals surface area contributed by atoms with E-state index in [9.17, 15) is 4.79 Å². The second kappa shape index (κ2) is 8.75. The number of carbonyl (C=O) groups excluding carboxylic acids is 1. The normalized spacial score (nSPS) is 11.3. The van der Waals surface area contributed by atoms with Crippen molar-refractivity contribution in [3.63, 3.8) is 0 Å². The van der Waals surface area contributed by atoms with Gasteiger partial charge in [-0.25, -0.2) is 4.79 Å². The topological polar surface area (TPSA) is 35.5 Å². The van der Waals surface area contributed by atoms with Gasteiger partial charge in [0.05, 0.1) is 13.2 Å². The van der Waals surface area contributed by atoms with Crippen LogP contribution in [0.1, 0.15) is 45.6 Å². The summed E-state index contributed by atoms with van der Waals surface area (Å²) in [5, 5.41) is 0. The monoisotopic (exact) mass is 278 g/mol. The number of hydrogen-bond donors (Lipinski definition) is 0. The van der Waals surface area contributed by atoms with Crippen molar-refractivity contribution in [3.8, 4) is 0 Å². The Hall–Kier alpha value is -1.35. The van der Waals surface area contributed by atoms with E-state index in [0.29, 0.717) is 18.6 Å². The summed E-state index contributed by atoms with van der Waals surface area (Å²) in [5.74, 6) is -0.281. The van der Waals surface area contributed by atoms with Crippen molar-refractivity contribution in [1.82, 2.24) is 0 Å². The molecular weight excluding hydrogens is 252 g/mol. The third-order valence-corrected chi connectivity index (χ3v) is 2.92. The maximum absolute atomic E-state index is 11.4. The van der Waals surface area contributed by atoms with Crippen molar-refractivity contribution >= 4 is 5.97 Å². The van der Waals surface area contributed by atoms with Crippen molar-refractivity contribution in [2.24, 2.45) is 5.41 Å². The molecule has 0 unspecified atom stereocenters. The number of hydrogen-bond acceptors (Lipinski definition) is 3. The second-order valence-electron chi connectivity index (χ2n) is 6.22. The maximum atomic E-state index is 11.4. The second-order valence-corrected chi connectivity index (χ2v) is 6.22. The molecule has 1 aromatic rings. The van der Waals surface area contributed by atoms with Crippen LogP contribution >= 0.6 is 0 Å². The van der Waals surface area contributed by atoms with Gasteiger partial charge in [-0.3, -0.25) is 0 Å². The molecule has 112 valence electrons. The van der Waals surface area contributed by atoms with Crippen molar-refractivity contribution in [3.05, 3.63) is 35.9 Å². The highest BCUT2D eigenvalue weighted by Gasteiger charge is 2.09. The average molecular weight is 278 g/mol. The minimum absolute atomic E-state index is 0.0220. The Morgan fingerprint density at radius 2 is 1.80 bits per heavy atom. The lowest BCUT2D eigenvalue weighted by atomic mass is 9.90. The van der Waals surface area contributed by atoms with E-state index >= 15 is 0 Å². The van der Waals surface area contributed by atoms with E-state index in [4.69, 9.17) is 9.47 Å². The first kappa shape index (κ1) is 16.7. The van der Waals surface area contributed by atoms with Crippen molar-refractivity contribution in [2.45, 2.75) is 46.6 Å². The Morgan fingerprint density at radius 1 is 1.10 bits per heavy atom. The molecule has 0 aliphatic heterocycles. The molecule has 0 spiro atoms. The van der Waals surface area contributed by atoms with Crippen LogP contribution in [0.3, 0.4) is 0 Å². The minimum atomic E-state index is -0.281. The molecule has 0 aromatic heterocycles. The number of esters is 1. The lowest BCUT2D eigenvalue weighted by Gasteiger charge is -2.17. The van der Waals surface area contributed by atoms with Gasteiger partial charge >= 0.3 is 5.97 Å². The number of carbonyl (C=O) groups is 1. The molecule has 0 bridgehead atoms. The quantitative estimate of drug-likeness (QED) is 0.533. The Kier molecular flexibility index (Phi) is 7.31. The molecule has 0 aliphatic rings. The Balaban J connectivity index is 2.01. The van der Waals surface area contributed by atoms with E-state index in [1.165, 1.54) is 0 Å². The summed E-state index contributed by atoms with van der Waals surface area (Å²) in [6.07, 6.45) is 3.15. The molecular formula is C17H26O3. The maximum Gasteiger partial charge on any atom is 0.332 e. The fourth-order valence-electron chi connectivity index (χ4n) is 1.81. The van der Waals surface area contributed by atoms with Crippen molar-refractivity contribution in [1.29, 1.82) is 0 Å². The van der Waals surface area contributed by atoms with Gasteiger partial charge in [-0.1, -0.05) is 51.1 Å². The molecule has 0 saturated carbocycles. The molecule has 3 heteroatoms. The summed E-state index contributed by atoms with van der Waals surface area (Å²) >= 11 is 0. The van der Waals surface area contributed by atoms with Gasteiger partial charge < -0.3 is 9.47 Å². The lowest BCUT2D eigenvalue weighted by molar-refractivity contribution is -0.149. The van der Waals surface area contributed by atoms with Crippen molar-refractivity contribution < 1.29 is 14.3 Å².